The van der Waals surface area contributed by atoms with Crippen LogP contribution in [0.5, 0.6) is 0 Å². The molecule has 0 spiro atoms. The second-order valence-electron chi connectivity index (χ2n) is 7.92. The Morgan fingerprint density at radius 2 is 1.57 bits per heavy atom. The number of para-hydroxylation sites is 2. The number of Topliss-reactive ketones (excluding diaryl/α,β-unsaturated/α-hetero) is 1. The first kappa shape index (κ1) is 22.4. The lowest BCUT2D eigenvalue weighted by Crippen LogP contribution is -2.35. The first-order valence-corrected chi connectivity index (χ1v) is 11.7. The number of benzene rings is 3. The molecule has 3 aromatic carbocycles. The lowest BCUT2D eigenvalue weighted by atomic mass is 10.1. The summed E-state index contributed by atoms with van der Waals surface area (Å²) < 4.78 is 1.44. The summed E-state index contributed by atoms with van der Waals surface area (Å²) in [4.78, 5) is 29.5. The summed E-state index contributed by atoms with van der Waals surface area (Å²) in [6, 6.07) is 24.5. The monoisotopic (exact) mass is 480 g/mol. The number of nitriles is 1. The molecular formula is C26H20N6O2S. The van der Waals surface area contributed by atoms with Crippen molar-refractivity contribution < 1.29 is 9.59 Å². The molecule has 1 aliphatic heterocycles. The van der Waals surface area contributed by atoms with E-state index in [-0.39, 0.29) is 31.3 Å². The van der Waals surface area contributed by atoms with Crippen molar-refractivity contribution >= 4 is 34.8 Å². The van der Waals surface area contributed by atoms with Crippen molar-refractivity contribution in [2.24, 2.45) is 0 Å². The van der Waals surface area contributed by atoms with Gasteiger partial charge >= 0.3 is 0 Å². The summed E-state index contributed by atoms with van der Waals surface area (Å²) in [7, 11) is 0. The maximum atomic E-state index is 12.8. The average molecular weight is 481 g/mol. The minimum Gasteiger partial charge on any atom is -0.349 e. The Kier molecular flexibility index (Phi) is 6.28. The predicted molar refractivity (Wildman–Crippen MR) is 131 cm³/mol. The number of carbonyl (C=O) groups excluding carboxylic acids is 2. The van der Waals surface area contributed by atoms with Crippen LogP contribution < -0.4 is 10.2 Å². The molecule has 4 aromatic rings. The fraction of sp³-hybridized carbons (Fsp3) is 0.115. The van der Waals surface area contributed by atoms with Gasteiger partial charge in [-0.15, -0.1) is 5.10 Å². The van der Waals surface area contributed by atoms with Crippen molar-refractivity contribution in [3.05, 3.63) is 95.8 Å². The summed E-state index contributed by atoms with van der Waals surface area (Å²) in [6.07, 6.45) is 1.64. The minimum absolute atomic E-state index is 0.0197. The van der Waals surface area contributed by atoms with E-state index in [1.165, 1.54) is 4.68 Å². The van der Waals surface area contributed by atoms with E-state index in [1.54, 1.807) is 42.2 Å². The van der Waals surface area contributed by atoms with Crippen LogP contribution in [-0.4, -0.2) is 33.2 Å². The quantitative estimate of drug-likeness (QED) is 0.399. The molecule has 0 aliphatic carbocycles. The lowest BCUT2D eigenvalue weighted by molar-refractivity contribution is -0.119. The van der Waals surface area contributed by atoms with Gasteiger partial charge in [0, 0.05) is 15.4 Å². The number of anilines is 2. The second kappa shape index (κ2) is 9.83. The van der Waals surface area contributed by atoms with E-state index in [0.717, 1.165) is 21.2 Å². The molecule has 0 saturated heterocycles. The van der Waals surface area contributed by atoms with Crippen LogP contribution in [0.2, 0.25) is 0 Å². The normalized spacial score (nSPS) is 11.8. The van der Waals surface area contributed by atoms with E-state index in [4.69, 9.17) is 5.26 Å². The van der Waals surface area contributed by atoms with Crippen LogP contribution in [0.25, 0.3) is 0 Å². The van der Waals surface area contributed by atoms with Gasteiger partial charge in [-0.25, -0.2) is 4.68 Å². The summed E-state index contributed by atoms with van der Waals surface area (Å²) >= 11 is 1.70. The van der Waals surface area contributed by atoms with E-state index in [9.17, 15) is 9.59 Å². The molecule has 9 heteroatoms. The number of aromatic nitrogens is 3. The number of hydrogen-bond donors (Lipinski definition) is 1. The van der Waals surface area contributed by atoms with E-state index in [1.807, 2.05) is 47.4 Å². The molecule has 0 bridgehead atoms. The van der Waals surface area contributed by atoms with Crippen LogP contribution in [-0.2, 0) is 17.9 Å². The Morgan fingerprint density at radius 1 is 0.914 bits per heavy atom. The lowest BCUT2D eigenvalue weighted by Gasteiger charge is -2.32. The molecule has 1 amide bonds. The fourth-order valence-corrected chi connectivity index (χ4v) is 4.90. The molecule has 8 nitrogen and oxygen atoms in total. The summed E-state index contributed by atoms with van der Waals surface area (Å²) in [6.45, 7) is 0.390. The number of amides is 1. The Hall–Kier alpha value is -4.42. The molecule has 0 fully saturated rings. The molecule has 1 N–H and O–H groups in total. The third-order valence-corrected chi connectivity index (χ3v) is 6.66. The van der Waals surface area contributed by atoms with Gasteiger partial charge in [0.25, 0.3) is 0 Å². The highest BCUT2D eigenvalue weighted by atomic mass is 32.2. The maximum absolute atomic E-state index is 12.8. The number of ketones is 1. The van der Waals surface area contributed by atoms with Crippen molar-refractivity contribution in [2.45, 2.75) is 22.9 Å². The van der Waals surface area contributed by atoms with E-state index in [0.29, 0.717) is 16.8 Å². The van der Waals surface area contributed by atoms with Gasteiger partial charge in [-0.1, -0.05) is 53.4 Å². The van der Waals surface area contributed by atoms with Crippen LogP contribution in [0.15, 0.2) is 88.8 Å². The molecule has 0 radical (unpaired) electrons. The molecule has 0 unspecified atom stereocenters. The SMILES string of the molecule is N#Cc1ccc(C(=O)Cn2cc(CNC(=O)CN3c4ccccc4Sc4ccccc43)nn2)cc1. The smallest absolute Gasteiger partial charge is 0.240 e. The first-order chi connectivity index (χ1) is 17.1. The highest BCUT2D eigenvalue weighted by Crippen LogP contribution is 2.47. The van der Waals surface area contributed by atoms with E-state index >= 15 is 0 Å². The fourth-order valence-electron chi connectivity index (χ4n) is 3.81. The number of hydrogen-bond acceptors (Lipinski definition) is 7. The van der Waals surface area contributed by atoms with Gasteiger partial charge in [0.1, 0.15) is 18.8 Å². The summed E-state index contributed by atoms with van der Waals surface area (Å²) in [5.41, 5.74) is 3.54. The Balaban J connectivity index is 1.20. The zero-order chi connectivity index (χ0) is 24.2. The van der Waals surface area contributed by atoms with Gasteiger partial charge in [-0.05, 0) is 36.4 Å². The third kappa shape index (κ3) is 4.93. The van der Waals surface area contributed by atoms with Crippen molar-refractivity contribution in [3.63, 3.8) is 0 Å². The molecule has 1 aromatic heterocycles. The predicted octanol–water partition coefficient (Wildman–Crippen LogP) is 3.95. The van der Waals surface area contributed by atoms with Gasteiger partial charge < -0.3 is 10.2 Å². The summed E-state index contributed by atoms with van der Waals surface area (Å²) in [5.74, 6) is -0.292. The highest BCUT2D eigenvalue weighted by Gasteiger charge is 2.24. The van der Waals surface area contributed by atoms with Crippen LogP contribution >= 0.6 is 11.8 Å². The zero-order valence-corrected chi connectivity index (χ0v) is 19.4. The molecule has 1 aliphatic rings. The molecule has 5 rings (SSSR count). The number of nitrogens with zero attached hydrogens (tertiary/aromatic N) is 5. The van der Waals surface area contributed by atoms with Gasteiger partial charge in [0.15, 0.2) is 5.78 Å². The van der Waals surface area contributed by atoms with Crippen molar-refractivity contribution in [2.75, 3.05) is 11.4 Å². The van der Waals surface area contributed by atoms with Crippen molar-refractivity contribution in [3.8, 4) is 6.07 Å². The first-order valence-electron chi connectivity index (χ1n) is 10.9. The van der Waals surface area contributed by atoms with Crippen LogP contribution in [0.1, 0.15) is 21.6 Å². The van der Waals surface area contributed by atoms with E-state index < -0.39 is 0 Å². The molecule has 0 saturated carbocycles. The number of nitrogens with one attached hydrogen (secondary N) is 1. The van der Waals surface area contributed by atoms with Gasteiger partial charge in [0.2, 0.25) is 5.91 Å². The largest absolute Gasteiger partial charge is 0.349 e. The van der Waals surface area contributed by atoms with Crippen LogP contribution in [0.4, 0.5) is 11.4 Å². The molecular weight excluding hydrogens is 460 g/mol. The Morgan fingerprint density at radius 3 is 2.23 bits per heavy atom. The highest BCUT2D eigenvalue weighted by molar-refractivity contribution is 7.99. The molecule has 172 valence electrons. The maximum Gasteiger partial charge on any atom is 0.240 e. The van der Waals surface area contributed by atoms with Crippen molar-refractivity contribution in [1.82, 2.24) is 20.3 Å². The van der Waals surface area contributed by atoms with Crippen molar-refractivity contribution in [1.29, 1.82) is 5.26 Å². The summed E-state index contributed by atoms with van der Waals surface area (Å²) in [5, 5.41) is 19.8. The average Bonchev–Trinajstić information content (AvgIpc) is 3.34. The standard InChI is InChI=1S/C26H20N6O2S/c27-13-18-9-11-19(12-10-18)23(33)16-31-15-20(29-30-31)14-28-26(34)17-32-21-5-1-3-7-24(21)35-25-8-4-2-6-22(25)32/h1-12,15H,14,16-17H2,(H,28,34). The van der Waals surface area contributed by atoms with Gasteiger partial charge in [-0.2, -0.15) is 5.26 Å². The minimum atomic E-state index is -0.148. The topological polar surface area (TPSA) is 104 Å². The Bertz CT molecular complexity index is 1400. The van der Waals surface area contributed by atoms with E-state index in [2.05, 4.69) is 27.8 Å². The second-order valence-corrected chi connectivity index (χ2v) is 9.00. The number of rotatable bonds is 7. The molecule has 35 heavy (non-hydrogen) atoms. The van der Waals surface area contributed by atoms with Gasteiger partial charge in [0.05, 0.1) is 35.7 Å². The number of fused-ring (bicyclic) bond motifs is 2. The van der Waals surface area contributed by atoms with Crippen LogP contribution in [0.3, 0.4) is 0 Å². The van der Waals surface area contributed by atoms with Crippen LogP contribution in [0, 0.1) is 11.3 Å². The van der Waals surface area contributed by atoms with Gasteiger partial charge in [-0.3, -0.25) is 9.59 Å². The number of carbonyl (C=O) groups is 2. The third-order valence-electron chi connectivity index (χ3n) is 5.53. The Labute approximate surface area is 206 Å². The molecule has 0 atom stereocenters. The zero-order valence-electron chi connectivity index (χ0n) is 18.6. The molecule has 2 heterocycles.